The maximum Gasteiger partial charge on any atom is 0.0549 e. The van der Waals surface area contributed by atoms with E-state index in [0.29, 0.717) is 6.04 Å². The Labute approximate surface area is 98.7 Å². The van der Waals surface area contributed by atoms with Gasteiger partial charge in [-0.3, -0.25) is 4.98 Å². The van der Waals surface area contributed by atoms with E-state index in [9.17, 15) is 0 Å². The van der Waals surface area contributed by atoms with E-state index in [1.807, 2.05) is 19.4 Å². The first-order chi connectivity index (χ1) is 7.76. The van der Waals surface area contributed by atoms with Gasteiger partial charge in [0.15, 0.2) is 0 Å². The van der Waals surface area contributed by atoms with Crippen molar-refractivity contribution in [2.45, 2.75) is 45.6 Å². The second-order valence-corrected chi connectivity index (χ2v) is 4.25. The largest absolute Gasteiger partial charge is 0.387 e. The first kappa shape index (κ1) is 12.8. The molecule has 3 heteroatoms. The number of nitrogens with one attached hydrogen (secondary N) is 2. The summed E-state index contributed by atoms with van der Waals surface area (Å²) in [6.07, 6.45) is 8.82. The fourth-order valence-electron chi connectivity index (χ4n) is 1.71. The molecule has 90 valence electrons. The quantitative estimate of drug-likeness (QED) is 0.692. The minimum absolute atomic E-state index is 0.514. The lowest BCUT2D eigenvalue weighted by molar-refractivity contribution is 0.615. The van der Waals surface area contributed by atoms with Crippen molar-refractivity contribution in [3.63, 3.8) is 0 Å². The molecule has 0 aliphatic rings. The van der Waals surface area contributed by atoms with Gasteiger partial charge in [0.05, 0.1) is 23.8 Å². The van der Waals surface area contributed by atoms with Crippen molar-refractivity contribution in [3.8, 4) is 0 Å². The van der Waals surface area contributed by atoms with Gasteiger partial charge in [-0.15, -0.1) is 0 Å². The first-order valence-electron chi connectivity index (χ1n) is 6.15. The molecule has 1 atom stereocenters. The summed E-state index contributed by atoms with van der Waals surface area (Å²) in [5.74, 6) is 0. The van der Waals surface area contributed by atoms with Crippen molar-refractivity contribution in [1.29, 1.82) is 0 Å². The van der Waals surface area contributed by atoms with Crippen LogP contribution < -0.4 is 10.6 Å². The number of nitrogens with zero attached hydrogens (tertiary/aromatic N) is 1. The molecule has 0 saturated carbocycles. The maximum absolute atomic E-state index is 4.18. The highest BCUT2D eigenvalue weighted by Crippen LogP contribution is 2.15. The Morgan fingerprint density at radius 2 is 2.00 bits per heavy atom. The van der Waals surface area contributed by atoms with Crippen molar-refractivity contribution in [3.05, 3.63) is 18.5 Å². The number of pyridine rings is 1. The van der Waals surface area contributed by atoms with E-state index in [1.54, 1.807) is 0 Å². The number of hydrogen-bond donors (Lipinski definition) is 2. The van der Waals surface area contributed by atoms with Crippen molar-refractivity contribution < 1.29 is 0 Å². The Morgan fingerprint density at radius 3 is 2.69 bits per heavy atom. The predicted molar refractivity (Wildman–Crippen MR) is 71.0 cm³/mol. The van der Waals surface area contributed by atoms with Crippen LogP contribution in [0.15, 0.2) is 18.5 Å². The molecule has 0 aliphatic heterocycles. The highest BCUT2D eigenvalue weighted by Gasteiger charge is 2.02. The molecule has 16 heavy (non-hydrogen) atoms. The zero-order valence-electron chi connectivity index (χ0n) is 10.6. The molecule has 1 unspecified atom stereocenters. The summed E-state index contributed by atoms with van der Waals surface area (Å²) in [7, 11) is 1.91. The highest BCUT2D eigenvalue weighted by molar-refractivity contribution is 5.53. The SMILES string of the molecule is CCCCCC(C)Nc1cncc(NC)c1. The number of rotatable bonds is 7. The van der Waals surface area contributed by atoms with Gasteiger partial charge in [-0.2, -0.15) is 0 Å². The minimum Gasteiger partial charge on any atom is -0.387 e. The summed E-state index contributed by atoms with van der Waals surface area (Å²) < 4.78 is 0. The first-order valence-corrected chi connectivity index (χ1v) is 6.15. The summed E-state index contributed by atoms with van der Waals surface area (Å²) in [6, 6.07) is 2.60. The third kappa shape index (κ3) is 4.51. The van der Waals surface area contributed by atoms with Gasteiger partial charge in [-0.25, -0.2) is 0 Å². The zero-order valence-corrected chi connectivity index (χ0v) is 10.6. The molecule has 1 aromatic heterocycles. The van der Waals surface area contributed by atoms with E-state index in [-0.39, 0.29) is 0 Å². The maximum atomic E-state index is 4.18. The van der Waals surface area contributed by atoms with E-state index in [2.05, 4.69) is 35.5 Å². The fourth-order valence-corrected chi connectivity index (χ4v) is 1.71. The molecule has 0 spiro atoms. The van der Waals surface area contributed by atoms with Crippen LogP contribution in [0, 0.1) is 0 Å². The van der Waals surface area contributed by atoms with Crippen LogP contribution in [0.4, 0.5) is 11.4 Å². The fraction of sp³-hybridized carbons (Fsp3) is 0.615. The normalized spacial score (nSPS) is 12.2. The molecule has 2 N–H and O–H groups in total. The number of unbranched alkanes of at least 4 members (excludes halogenated alkanes) is 2. The lowest BCUT2D eigenvalue weighted by atomic mass is 10.1. The summed E-state index contributed by atoms with van der Waals surface area (Å²) in [5, 5.41) is 6.56. The highest BCUT2D eigenvalue weighted by atomic mass is 14.9. The topological polar surface area (TPSA) is 37.0 Å². The van der Waals surface area contributed by atoms with Gasteiger partial charge in [0.25, 0.3) is 0 Å². The third-order valence-corrected chi connectivity index (χ3v) is 2.68. The van der Waals surface area contributed by atoms with Gasteiger partial charge >= 0.3 is 0 Å². The average Bonchev–Trinajstić information content (AvgIpc) is 2.29. The van der Waals surface area contributed by atoms with Crippen LogP contribution in [-0.4, -0.2) is 18.1 Å². The van der Waals surface area contributed by atoms with Gasteiger partial charge in [0, 0.05) is 13.1 Å². The molecule has 0 amide bonds. The molecule has 1 rings (SSSR count). The minimum atomic E-state index is 0.514. The Bertz CT molecular complexity index is 299. The van der Waals surface area contributed by atoms with E-state index < -0.39 is 0 Å². The predicted octanol–water partition coefficient (Wildman–Crippen LogP) is 3.50. The summed E-state index contributed by atoms with van der Waals surface area (Å²) in [5.41, 5.74) is 2.14. The molecule has 0 bridgehead atoms. The smallest absolute Gasteiger partial charge is 0.0549 e. The second-order valence-electron chi connectivity index (χ2n) is 4.25. The molecule has 0 saturated heterocycles. The van der Waals surface area contributed by atoms with Crippen molar-refractivity contribution in [1.82, 2.24) is 4.98 Å². The Balaban J connectivity index is 2.39. The molecule has 0 radical (unpaired) electrons. The van der Waals surface area contributed by atoms with E-state index in [4.69, 9.17) is 0 Å². The Morgan fingerprint density at radius 1 is 1.25 bits per heavy atom. The van der Waals surface area contributed by atoms with Crippen LogP contribution in [-0.2, 0) is 0 Å². The Hall–Kier alpha value is -1.25. The standard InChI is InChI=1S/C13H23N3/c1-4-5-6-7-11(2)16-13-8-12(14-3)9-15-10-13/h8-11,14,16H,4-7H2,1-3H3. The van der Waals surface area contributed by atoms with Gasteiger partial charge < -0.3 is 10.6 Å². The third-order valence-electron chi connectivity index (χ3n) is 2.68. The van der Waals surface area contributed by atoms with Crippen LogP contribution >= 0.6 is 0 Å². The van der Waals surface area contributed by atoms with Gasteiger partial charge in [0.1, 0.15) is 0 Å². The molecule has 0 aromatic carbocycles. The van der Waals surface area contributed by atoms with Gasteiger partial charge in [-0.05, 0) is 19.4 Å². The average molecular weight is 221 g/mol. The summed E-state index contributed by atoms with van der Waals surface area (Å²) in [6.45, 7) is 4.46. The Kier molecular flexibility index (Phi) is 5.68. The van der Waals surface area contributed by atoms with Crippen molar-refractivity contribution in [2.24, 2.45) is 0 Å². The summed E-state index contributed by atoms with van der Waals surface area (Å²) >= 11 is 0. The molecule has 1 heterocycles. The molecular weight excluding hydrogens is 198 g/mol. The zero-order chi connectivity index (χ0) is 11.8. The van der Waals surface area contributed by atoms with E-state index in [1.165, 1.54) is 25.7 Å². The lowest BCUT2D eigenvalue weighted by Gasteiger charge is -2.15. The van der Waals surface area contributed by atoms with Gasteiger partial charge in [-0.1, -0.05) is 26.2 Å². The van der Waals surface area contributed by atoms with Crippen LogP contribution in [0.3, 0.4) is 0 Å². The van der Waals surface area contributed by atoms with Crippen LogP contribution in [0.5, 0.6) is 0 Å². The second kappa shape index (κ2) is 7.09. The molecular formula is C13H23N3. The number of anilines is 2. The van der Waals surface area contributed by atoms with Crippen LogP contribution in [0.2, 0.25) is 0 Å². The van der Waals surface area contributed by atoms with E-state index >= 15 is 0 Å². The van der Waals surface area contributed by atoms with Crippen molar-refractivity contribution in [2.75, 3.05) is 17.7 Å². The molecule has 3 nitrogen and oxygen atoms in total. The number of hydrogen-bond acceptors (Lipinski definition) is 3. The monoisotopic (exact) mass is 221 g/mol. The molecule has 1 aromatic rings. The van der Waals surface area contributed by atoms with Crippen molar-refractivity contribution >= 4 is 11.4 Å². The van der Waals surface area contributed by atoms with E-state index in [0.717, 1.165) is 11.4 Å². The number of aromatic nitrogens is 1. The van der Waals surface area contributed by atoms with Gasteiger partial charge in [0.2, 0.25) is 0 Å². The van der Waals surface area contributed by atoms with Crippen LogP contribution in [0.25, 0.3) is 0 Å². The molecule has 0 fully saturated rings. The van der Waals surface area contributed by atoms with Crippen LogP contribution in [0.1, 0.15) is 39.5 Å². The lowest BCUT2D eigenvalue weighted by Crippen LogP contribution is -2.15. The summed E-state index contributed by atoms with van der Waals surface area (Å²) in [4.78, 5) is 4.18. The molecule has 0 aliphatic carbocycles.